The van der Waals surface area contributed by atoms with E-state index in [-0.39, 0.29) is 6.61 Å². The van der Waals surface area contributed by atoms with Gasteiger partial charge in [0.25, 0.3) is 0 Å². The van der Waals surface area contributed by atoms with Gasteiger partial charge in [-0.15, -0.1) is 0 Å². The van der Waals surface area contributed by atoms with Crippen LogP contribution in [0.1, 0.15) is 78.1 Å². The second kappa shape index (κ2) is 12.4. The van der Waals surface area contributed by atoms with Crippen molar-refractivity contribution in [3.8, 4) is 0 Å². The van der Waals surface area contributed by atoms with Crippen molar-refractivity contribution in [2.24, 2.45) is 5.92 Å². The van der Waals surface area contributed by atoms with Crippen LogP contribution in [-0.4, -0.2) is 22.9 Å². The first kappa shape index (κ1) is 16.9. The van der Waals surface area contributed by atoms with Gasteiger partial charge in [0, 0.05) is 0 Å². The lowest BCUT2D eigenvalue weighted by atomic mass is 9.90. The fourth-order valence-corrected chi connectivity index (χ4v) is 2.34. The highest BCUT2D eigenvalue weighted by Crippen LogP contribution is 2.21. The van der Waals surface area contributed by atoms with E-state index in [0.717, 1.165) is 12.8 Å². The first-order chi connectivity index (χ1) is 8.26. The molecule has 0 unspecified atom stereocenters. The van der Waals surface area contributed by atoms with Crippen LogP contribution in [0.3, 0.4) is 0 Å². The number of hydrogen-bond donors (Lipinski definition) is 2. The molecule has 0 bridgehead atoms. The quantitative estimate of drug-likeness (QED) is 0.511. The molecular formula is C15H32O2. The maximum atomic E-state index is 9.78. The number of rotatable bonds is 12. The molecule has 0 aromatic heterocycles. The van der Waals surface area contributed by atoms with Gasteiger partial charge in [-0.25, -0.2) is 0 Å². The Morgan fingerprint density at radius 2 is 1.24 bits per heavy atom. The molecule has 0 radical (unpaired) electrons. The highest BCUT2D eigenvalue weighted by molar-refractivity contribution is 4.68. The van der Waals surface area contributed by atoms with Crippen molar-refractivity contribution in [2.45, 2.75) is 84.2 Å². The molecule has 1 atom stereocenters. The lowest BCUT2D eigenvalue weighted by Crippen LogP contribution is -2.24. The van der Waals surface area contributed by atoms with Crippen LogP contribution in [0, 0.1) is 5.92 Å². The van der Waals surface area contributed by atoms with E-state index in [1.807, 2.05) is 0 Å². The smallest absolute Gasteiger partial charge is 0.0799 e. The van der Waals surface area contributed by atoms with Crippen LogP contribution in [0.2, 0.25) is 0 Å². The molecule has 0 aromatic rings. The second-order valence-corrected chi connectivity index (χ2v) is 5.21. The predicted octanol–water partition coefficient (Wildman–Crippen LogP) is 3.90. The van der Waals surface area contributed by atoms with E-state index < -0.39 is 6.10 Å². The molecule has 0 saturated heterocycles. The first-order valence-electron chi connectivity index (χ1n) is 7.55. The highest BCUT2D eigenvalue weighted by atomic mass is 16.3. The molecule has 0 rings (SSSR count). The van der Waals surface area contributed by atoms with Gasteiger partial charge >= 0.3 is 0 Å². The SMILES string of the molecule is CCCCCCC(CCCCCC)[C@@H](O)CO. The summed E-state index contributed by atoms with van der Waals surface area (Å²) in [6.45, 7) is 4.35. The number of aliphatic hydroxyl groups excluding tert-OH is 2. The topological polar surface area (TPSA) is 40.5 Å². The Labute approximate surface area is 107 Å². The predicted molar refractivity (Wildman–Crippen MR) is 74.1 cm³/mol. The molecule has 0 fully saturated rings. The maximum Gasteiger partial charge on any atom is 0.0799 e. The molecule has 0 spiro atoms. The van der Waals surface area contributed by atoms with E-state index in [4.69, 9.17) is 5.11 Å². The van der Waals surface area contributed by atoms with Gasteiger partial charge in [0.15, 0.2) is 0 Å². The maximum absolute atomic E-state index is 9.78. The molecular weight excluding hydrogens is 212 g/mol. The monoisotopic (exact) mass is 244 g/mol. The zero-order chi connectivity index (χ0) is 12.9. The summed E-state index contributed by atoms with van der Waals surface area (Å²) in [4.78, 5) is 0. The number of unbranched alkanes of at least 4 members (excludes halogenated alkanes) is 6. The van der Waals surface area contributed by atoms with E-state index in [1.54, 1.807) is 0 Å². The Balaban J connectivity index is 3.72. The van der Waals surface area contributed by atoms with Gasteiger partial charge in [0.05, 0.1) is 12.7 Å². The molecule has 104 valence electrons. The van der Waals surface area contributed by atoms with Gasteiger partial charge in [0.1, 0.15) is 0 Å². The van der Waals surface area contributed by atoms with Crippen molar-refractivity contribution >= 4 is 0 Å². The summed E-state index contributed by atoms with van der Waals surface area (Å²) in [5.41, 5.74) is 0. The molecule has 2 nitrogen and oxygen atoms in total. The lowest BCUT2D eigenvalue weighted by Gasteiger charge is -2.21. The molecule has 0 aromatic carbocycles. The largest absolute Gasteiger partial charge is 0.394 e. The molecule has 2 N–H and O–H groups in total. The third-order valence-electron chi connectivity index (χ3n) is 3.59. The minimum absolute atomic E-state index is 0.0772. The van der Waals surface area contributed by atoms with Crippen molar-refractivity contribution in [1.82, 2.24) is 0 Å². The second-order valence-electron chi connectivity index (χ2n) is 5.21. The van der Waals surface area contributed by atoms with Crippen LogP contribution >= 0.6 is 0 Å². The standard InChI is InChI=1S/C15H32O2/c1-3-5-7-9-11-14(15(17)13-16)12-10-8-6-4-2/h14-17H,3-13H2,1-2H3/t15-/m0/s1. The van der Waals surface area contributed by atoms with Gasteiger partial charge in [-0.05, 0) is 18.8 Å². The average molecular weight is 244 g/mol. The molecule has 0 aliphatic heterocycles. The highest BCUT2D eigenvalue weighted by Gasteiger charge is 2.17. The van der Waals surface area contributed by atoms with Crippen molar-refractivity contribution in [1.29, 1.82) is 0 Å². The van der Waals surface area contributed by atoms with Gasteiger partial charge in [-0.3, -0.25) is 0 Å². The molecule has 17 heavy (non-hydrogen) atoms. The minimum atomic E-state index is -0.502. The van der Waals surface area contributed by atoms with Crippen molar-refractivity contribution in [3.63, 3.8) is 0 Å². The van der Waals surface area contributed by atoms with Crippen molar-refractivity contribution in [3.05, 3.63) is 0 Å². The Bertz CT molecular complexity index is 136. The first-order valence-corrected chi connectivity index (χ1v) is 7.55. The Kier molecular flexibility index (Phi) is 12.3. The van der Waals surface area contributed by atoms with Gasteiger partial charge in [0.2, 0.25) is 0 Å². The van der Waals surface area contributed by atoms with Crippen LogP contribution in [0.15, 0.2) is 0 Å². The van der Waals surface area contributed by atoms with E-state index in [9.17, 15) is 5.11 Å². The molecule has 0 aliphatic carbocycles. The lowest BCUT2D eigenvalue weighted by molar-refractivity contribution is 0.0383. The fourth-order valence-electron chi connectivity index (χ4n) is 2.34. The number of aliphatic hydroxyl groups is 2. The minimum Gasteiger partial charge on any atom is -0.394 e. The summed E-state index contributed by atoms with van der Waals surface area (Å²) in [5.74, 6) is 0.314. The van der Waals surface area contributed by atoms with E-state index in [0.29, 0.717) is 5.92 Å². The zero-order valence-corrected chi connectivity index (χ0v) is 11.8. The van der Waals surface area contributed by atoms with Crippen molar-refractivity contribution < 1.29 is 10.2 Å². The molecule has 0 aliphatic rings. The summed E-state index contributed by atoms with van der Waals surface area (Å²) in [6.07, 6.45) is 11.7. The summed E-state index contributed by atoms with van der Waals surface area (Å²) >= 11 is 0. The summed E-state index contributed by atoms with van der Waals surface area (Å²) in [6, 6.07) is 0. The van der Waals surface area contributed by atoms with Crippen LogP contribution in [0.5, 0.6) is 0 Å². The van der Waals surface area contributed by atoms with Gasteiger partial charge in [-0.2, -0.15) is 0 Å². The van der Waals surface area contributed by atoms with E-state index >= 15 is 0 Å². The van der Waals surface area contributed by atoms with E-state index in [2.05, 4.69) is 13.8 Å². The molecule has 0 heterocycles. The van der Waals surface area contributed by atoms with Gasteiger partial charge < -0.3 is 10.2 Å². The molecule has 2 heteroatoms. The summed E-state index contributed by atoms with van der Waals surface area (Å²) in [7, 11) is 0. The van der Waals surface area contributed by atoms with Crippen molar-refractivity contribution in [2.75, 3.05) is 6.61 Å². The molecule has 0 amide bonds. The average Bonchev–Trinajstić information content (AvgIpc) is 2.36. The third kappa shape index (κ3) is 9.61. The van der Waals surface area contributed by atoms with Crippen LogP contribution in [0.25, 0.3) is 0 Å². The fraction of sp³-hybridized carbons (Fsp3) is 1.00. The van der Waals surface area contributed by atoms with Crippen LogP contribution in [0.4, 0.5) is 0 Å². The number of hydrogen-bond acceptors (Lipinski definition) is 2. The third-order valence-corrected chi connectivity index (χ3v) is 3.59. The normalized spacial score (nSPS) is 13.2. The summed E-state index contributed by atoms with van der Waals surface area (Å²) < 4.78 is 0. The van der Waals surface area contributed by atoms with Crippen LogP contribution in [-0.2, 0) is 0 Å². The zero-order valence-electron chi connectivity index (χ0n) is 11.8. The Morgan fingerprint density at radius 3 is 1.59 bits per heavy atom. The molecule has 0 saturated carbocycles. The van der Waals surface area contributed by atoms with Crippen LogP contribution < -0.4 is 0 Å². The van der Waals surface area contributed by atoms with Gasteiger partial charge in [-0.1, -0.05) is 65.2 Å². The Hall–Kier alpha value is -0.0800. The van der Waals surface area contributed by atoms with E-state index in [1.165, 1.54) is 51.4 Å². The summed E-state index contributed by atoms with van der Waals surface area (Å²) in [5, 5.41) is 18.8. The Morgan fingerprint density at radius 1 is 0.765 bits per heavy atom.